The van der Waals surface area contributed by atoms with E-state index < -0.39 is 11.6 Å². The van der Waals surface area contributed by atoms with E-state index in [1.165, 1.54) is 4.90 Å². The highest BCUT2D eigenvalue weighted by molar-refractivity contribution is 6.34. The van der Waals surface area contributed by atoms with E-state index in [1.807, 2.05) is 0 Å². The number of benzene rings is 1. The highest BCUT2D eigenvalue weighted by atomic mass is 35.5. The van der Waals surface area contributed by atoms with E-state index in [9.17, 15) is 9.59 Å². The van der Waals surface area contributed by atoms with Crippen LogP contribution >= 0.6 is 11.6 Å². The zero-order valence-corrected chi connectivity index (χ0v) is 12.5. The number of carbonyl (C=O) groups excluding carboxylic acids is 2. The first-order chi connectivity index (χ1) is 9.28. The summed E-state index contributed by atoms with van der Waals surface area (Å²) >= 11 is 6.08. The van der Waals surface area contributed by atoms with Gasteiger partial charge in [-0.2, -0.15) is 0 Å². The molecule has 1 amide bonds. The first-order valence-corrected chi connectivity index (χ1v) is 6.70. The van der Waals surface area contributed by atoms with E-state index in [2.05, 4.69) is 5.32 Å². The summed E-state index contributed by atoms with van der Waals surface area (Å²) in [5.74, 6) is -0.635. The molecule has 1 N–H and O–H groups in total. The highest BCUT2D eigenvalue weighted by Crippen LogP contribution is 2.35. The monoisotopic (exact) mass is 296 g/mol. The van der Waals surface area contributed by atoms with Crippen LogP contribution < -0.4 is 10.2 Å². The van der Waals surface area contributed by atoms with Crippen molar-refractivity contribution in [2.24, 2.45) is 0 Å². The number of nitrogens with zero attached hydrogens (tertiary/aromatic N) is 1. The van der Waals surface area contributed by atoms with Gasteiger partial charge in [0.1, 0.15) is 12.1 Å². The van der Waals surface area contributed by atoms with E-state index in [0.717, 1.165) is 0 Å². The maximum absolute atomic E-state index is 12.0. The Morgan fingerprint density at radius 3 is 2.80 bits per heavy atom. The third kappa shape index (κ3) is 3.22. The van der Waals surface area contributed by atoms with Gasteiger partial charge in [0.05, 0.1) is 22.9 Å². The predicted octanol–water partition coefficient (Wildman–Crippen LogP) is 2.44. The predicted molar refractivity (Wildman–Crippen MR) is 78.1 cm³/mol. The molecule has 0 aliphatic carbocycles. The van der Waals surface area contributed by atoms with Crippen LogP contribution in [0.1, 0.15) is 20.8 Å². The molecule has 0 radical (unpaired) electrons. The minimum absolute atomic E-state index is 0.111. The molecule has 20 heavy (non-hydrogen) atoms. The molecule has 2 rings (SSSR count). The van der Waals surface area contributed by atoms with Crippen LogP contribution in [0.25, 0.3) is 0 Å². The second-order valence-electron chi connectivity index (χ2n) is 5.55. The molecule has 1 aliphatic heterocycles. The van der Waals surface area contributed by atoms with Crippen LogP contribution in [0.5, 0.6) is 0 Å². The summed E-state index contributed by atoms with van der Waals surface area (Å²) in [5.41, 5.74) is 0.683. The molecule has 0 saturated carbocycles. The number of rotatable bonds is 2. The van der Waals surface area contributed by atoms with Crippen molar-refractivity contribution in [3.05, 3.63) is 23.2 Å². The van der Waals surface area contributed by atoms with Gasteiger partial charge in [-0.1, -0.05) is 17.7 Å². The zero-order chi connectivity index (χ0) is 14.9. The van der Waals surface area contributed by atoms with Crippen molar-refractivity contribution in [1.29, 1.82) is 0 Å². The molecule has 1 aromatic rings. The molecule has 0 fully saturated rings. The maximum Gasteiger partial charge on any atom is 0.326 e. The molecule has 0 saturated heterocycles. The lowest BCUT2D eigenvalue weighted by molar-refractivity contribution is -0.153. The van der Waals surface area contributed by atoms with Gasteiger partial charge in [0.25, 0.3) is 0 Å². The summed E-state index contributed by atoms with van der Waals surface area (Å²) in [4.78, 5) is 25.3. The van der Waals surface area contributed by atoms with E-state index in [-0.39, 0.29) is 19.0 Å². The molecule has 0 unspecified atom stereocenters. The summed E-state index contributed by atoms with van der Waals surface area (Å²) in [5, 5.41) is 3.47. The van der Waals surface area contributed by atoms with Crippen LogP contribution in [-0.2, 0) is 14.3 Å². The SMILES string of the molecule is CC(C)(C)OC(=O)CN1C(=O)CNc2c(Cl)cccc21. The molecule has 1 aromatic carbocycles. The Kier molecular flexibility index (Phi) is 3.90. The van der Waals surface area contributed by atoms with Crippen LogP contribution in [0.3, 0.4) is 0 Å². The molecule has 1 heterocycles. The lowest BCUT2D eigenvalue weighted by Crippen LogP contribution is -2.44. The highest BCUT2D eigenvalue weighted by Gasteiger charge is 2.28. The van der Waals surface area contributed by atoms with Gasteiger partial charge < -0.3 is 10.1 Å². The van der Waals surface area contributed by atoms with Crippen molar-refractivity contribution in [3.63, 3.8) is 0 Å². The summed E-state index contributed by atoms with van der Waals surface area (Å²) in [6, 6.07) is 5.22. The number of amides is 1. The molecule has 0 aromatic heterocycles. The Labute approximate surface area is 122 Å². The lowest BCUT2D eigenvalue weighted by Gasteiger charge is -2.31. The molecule has 0 spiro atoms. The van der Waals surface area contributed by atoms with Gasteiger partial charge in [0.15, 0.2) is 0 Å². The van der Waals surface area contributed by atoms with Crippen LogP contribution in [0.4, 0.5) is 11.4 Å². The van der Waals surface area contributed by atoms with E-state index in [1.54, 1.807) is 39.0 Å². The van der Waals surface area contributed by atoms with Crippen LogP contribution in [-0.4, -0.2) is 30.6 Å². The first-order valence-electron chi connectivity index (χ1n) is 6.32. The molecule has 0 bridgehead atoms. The molecule has 108 valence electrons. The van der Waals surface area contributed by atoms with Crippen molar-refractivity contribution in [1.82, 2.24) is 0 Å². The van der Waals surface area contributed by atoms with Gasteiger partial charge in [-0.25, -0.2) is 0 Å². The second-order valence-corrected chi connectivity index (χ2v) is 5.96. The van der Waals surface area contributed by atoms with E-state index in [0.29, 0.717) is 16.4 Å². The molecule has 1 aliphatic rings. The summed E-state index contributed by atoms with van der Waals surface area (Å²) < 4.78 is 5.25. The molecular weight excluding hydrogens is 280 g/mol. The number of anilines is 2. The zero-order valence-electron chi connectivity index (χ0n) is 11.7. The average Bonchev–Trinajstić information content (AvgIpc) is 2.31. The fourth-order valence-corrected chi connectivity index (χ4v) is 2.22. The van der Waals surface area contributed by atoms with E-state index >= 15 is 0 Å². The second kappa shape index (κ2) is 5.32. The Balaban J connectivity index is 2.22. The Morgan fingerprint density at radius 2 is 2.15 bits per heavy atom. The molecular formula is C14H17ClN2O3. The number of hydrogen-bond acceptors (Lipinski definition) is 4. The third-order valence-electron chi connectivity index (χ3n) is 2.71. The first kappa shape index (κ1) is 14.7. The summed E-state index contributed by atoms with van der Waals surface area (Å²) in [7, 11) is 0. The number of esters is 1. The molecule has 0 atom stereocenters. The van der Waals surface area contributed by atoms with Crippen LogP contribution in [0.15, 0.2) is 18.2 Å². The molecule has 5 nitrogen and oxygen atoms in total. The minimum Gasteiger partial charge on any atom is -0.459 e. The average molecular weight is 297 g/mol. The number of nitrogens with one attached hydrogen (secondary N) is 1. The fraction of sp³-hybridized carbons (Fsp3) is 0.429. The van der Waals surface area contributed by atoms with Crippen molar-refractivity contribution in [3.8, 4) is 0 Å². The largest absolute Gasteiger partial charge is 0.459 e. The number of carbonyl (C=O) groups is 2. The quantitative estimate of drug-likeness (QED) is 0.852. The van der Waals surface area contributed by atoms with E-state index in [4.69, 9.17) is 16.3 Å². The van der Waals surface area contributed by atoms with Crippen molar-refractivity contribution >= 4 is 34.9 Å². The van der Waals surface area contributed by atoms with Gasteiger partial charge in [0, 0.05) is 0 Å². The Hall–Kier alpha value is -1.75. The topological polar surface area (TPSA) is 58.6 Å². The van der Waals surface area contributed by atoms with Crippen LogP contribution in [0.2, 0.25) is 5.02 Å². The maximum atomic E-state index is 12.0. The number of ether oxygens (including phenoxy) is 1. The smallest absolute Gasteiger partial charge is 0.326 e. The summed E-state index contributed by atoms with van der Waals surface area (Å²) in [6.07, 6.45) is 0. The number of para-hydroxylation sites is 1. The van der Waals surface area contributed by atoms with Gasteiger partial charge >= 0.3 is 5.97 Å². The number of fused-ring (bicyclic) bond motifs is 1. The number of halogens is 1. The fourth-order valence-electron chi connectivity index (χ4n) is 1.98. The standard InChI is InChI=1S/C14H17ClN2O3/c1-14(2,3)20-12(19)8-17-10-6-4-5-9(15)13(10)16-7-11(17)18/h4-6,16H,7-8H2,1-3H3. The van der Waals surface area contributed by atoms with Gasteiger partial charge in [-0.05, 0) is 32.9 Å². The van der Waals surface area contributed by atoms with Crippen LogP contribution in [0, 0.1) is 0 Å². The van der Waals surface area contributed by atoms with Crippen molar-refractivity contribution < 1.29 is 14.3 Å². The number of hydrogen-bond donors (Lipinski definition) is 1. The minimum atomic E-state index is -0.578. The van der Waals surface area contributed by atoms with Gasteiger partial charge in [-0.3, -0.25) is 14.5 Å². The Morgan fingerprint density at radius 1 is 1.45 bits per heavy atom. The van der Waals surface area contributed by atoms with Gasteiger partial charge in [-0.15, -0.1) is 0 Å². The third-order valence-corrected chi connectivity index (χ3v) is 3.02. The van der Waals surface area contributed by atoms with Gasteiger partial charge in [0.2, 0.25) is 5.91 Å². The normalized spacial score (nSPS) is 14.6. The van der Waals surface area contributed by atoms with Crippen molar-refractivity contribution in [2.45, 2.75) is 26.4 Å². The Bertz CT molecular complexity index is 552. The summed E-state index contributed by atoms with van der Waals surface area (Å²) in [6.45, 7) is 5.35. The lowest BCUT2D eigenvalue weighted by atomic mass is 10.2. The molecule has 6 heteroatoms. The van der Waals surface area contributed by atoms with Crippen molar-refractivity contribution in [2.75, 3.05) is 23.3 Å².